The van der Waals surface area contributed by atoms with E-state index in [4.69, 9.17) is 38.7 Å². The fraction of sp³-hybridized carbons (Fsp3) is 0. The molecule has 9 nitrogen and oxygen atoms in total. The van der Waals surface area contributed by atoms with Crippen LogP contribution in [-0.4, -0.2) is 34.9 Å². The van der Waals surface area contributed by atoms with E-state index in [0.29, 0.717) is 17.5 Å². The average Bonchev–Trinajstić information content (AvgIpc) is 0.911. The van der Waals surface area contributed by atoms with Crippen molar-refractivity contribution in [3.63, 3.8) is 0 Å². The van der Waals surface area contributed by atoms with Crippen LogP contribution in [0.1, 0.15) is 0 Å². The molecule has 0 amide bonds. The molecule has 0 unspecified atom stereocenters. The van der Waals surface area contributed by atoms with Crippen molar-refractivity contribution in [1.29, 1.82) is 0 Å². The number of para-hydroxylation sites is 5. The quantitative estimate of drug-likeness (QED) is 0.110. The molecule has 0 bridgehead atoms. The minimum absolute atomic E-state index is 0.509. The first-order valence-electron chi connectivity index (χ1n) is 50.1. The molecular formula is C139H85N7O2. The smallest absolute Gasteiger partial charge is 0.246 e. The zero-order chi connectivity index (χ0) is 97.6. The summed E-state index contributed by atoms with van der Waals surface area (Å²) in [6.45, 7) is 0. The molecule has 23 aromatic carbocycles. The molecule has 0 fully saturated rings. The number of hydrogen-bond acceptors (Lipinski definition) is 9. The van der Waals surface area contributed by atoms with Crippen molar-refractivity contribution >= 4 is 163 Å². The number of oxazole rings is 2. The summed E-state index contributed by atoms with van der Waals surface area (Å²) in [7, 11) is 0. The van der Waals surface area contributed by atoms with E-state index < -0.39 is 0 Å². The number of nitrogens with zero attached hydrogens (tertiary/aromatic N) is 7. The predicted octanol–water partition coefficient (Wildman–Crippen LogP) is 37.3. The Kier molecular flexibility index (Phi) is 21.1. The third kappa shape index (κ3) is 15.8. The average molecular weight is 1890 g/mol. The highest BCUT2D eigenvalue weighted by Gasteiger charge is 2.23. The van der Waals surface area contributed by atoms with Gasteiger partial charge in [-0.05, 0) is 310 Å². The molecule has 148 heavy (non-hydrogen) atoms. The maximum atomic E-state index is 6.09. The van der Waals surface area contributed by atoms with Gasteiger partial charge in [-0.25, -0.2) is 29.9 Å². The lowest BCUT2D eigenvalue weighted by atomic mass is 9.91. The molecule has 7 heterocycles. The van der Waals surface area contributed by atoms with Crippen LogP contribution in [0.4, 0.5) is 0 Å². The van der Waals surface area contributed by atoms with Gasteiger partial charge in [-0.15, -0.1) is 0 Å². The fourth-order valence-electron chi connectivity index (χ4n) is 21.8. The number of pyridine rings is 5. The molecule has 0 aliphatic heterocycles. The zero-order valence-electron chi connectivity index (χ0n) is 80.0. The molecule has 0 aliphatic carbocycles. The van der Waals surface area contributed by atoms with Gasteiger partial charge in [0.2, 0.25) is 11.8 Å². The van der Waals surface area contributed by atoms with E-state index in [9.17, 15) is 0 Å². The Balaban J connectivity index is 0.000000107. The Morgan fingerprint density at radius 3 is 0.865 bits per heavy atom. The Morgan fingerprint density at radius 2 is 0.426 bits per heavy atom. The van der Waals surface area contributed by atoms with Crippen LogP contribution in [0, 0.1) is 0 Å². The first kappa shape index (κ1) is 86.1. The molecule has 30 aromatic rings. The Hall–Kier alpha value is -19.9. The maximum Gasteiger partial charge on any atom is 0.246 e. The highest BCUT2D eigenvalue weighted by molar-refractivity contribution is 6.18. The summed E-state index contributed by atoms with van der Waals surface area (Å²) >= 11 is 0. The third-order valence-corrected chi connectivity index (χ3v) is 29.2. The standard InChI is InChI=1S/C48H30N2.C46H28N2O.C45H27N3O/c1-2-12-33-26-38(21-20-31(33)10-1)48-30-43(34-14-9-15-37(27-34)46-24-22-32-11-4-8-19-45(32)49-46)44-29-36(23-25-47(44)50-48)42-28-35-13-3-5-16-39(35)40-17-6-7-18-41(40)42;1-2-10-32-25-35(22-17-29(32)9-1)44-28-40(30-18-20-31(21-19-30)46-48-43-15-7-8-16-45(43)49-46)41-27-34(23-24-42(41)47-44)39-26-33-11-3-4-12-36(33)37-13-5-6-14-38(37)39;1-2-10-29-23-32(18-17-28(29)9-1)43-26-38(33-20-22-42(46-27-33)45-48-41-15-7-8-16-44(41)49-45)39-25-31(19-21-40(39)47-43)37-24-30-11-3-4-12-34(30)35-13-5-6-14-36(35)37/h1-30H;1-28H;1-27H. The van der Waals surface area contributed by atoms with Gasteiger partial charge in [-0.3, -0.25) is 4.98 Å². The van der Waals surface area contributed by atoms with Crippen molar-refractivity contribution < 1.29 is 8.83 Å². The molecule has 0 atom stereocenters. The van der Waals surface area contributed by atoms with Crippen LogP contribution >= 0.6 is 0 Å². The van der Waals surface area contributed by atoms with E-state index in [1.165, 1.54) is 125 Å². The summed E-state index contributed by atoms with van der Waals surface area (Å²) in [6.07, 6.45) is 1.92. The second-order valence-corrected chi connectivity index (χ2v) is 38.1. The zero-order valence-corrected chi connectivity index (χ0v) is 80.0. The third-order valence-electron chi connectivity index (χ3n) is 29.2. The minimum Gasteiger partial charge on any atom is -0.436 e. The Bertz CT molecular complexity index is 10200. The van der Waals surface area contributed by atoms with Crippen LogP contribution in [0.2, 0.25) is 0 Å². The van der Waals surface area contributed by atoms with Crippen LogP contribution in [0.3, 0.4) is 0 Å². The van der Waals surface area contributed by atoms with Gasteiger partial charge >= 0.3 is 0 Å². The number of hydrogen-bond donors (Lipinski definition) is 0. The summed E-state index contributed by atoms with van der Waals surface area (Å²) in [4.78, 5) is 35.0. The molecule has 0 radical (unpaired) electrons. The van der Waals surface area contributed by atoms with Gasteiger partial charge in [0.15, 0.2) is 11.2 Å². The fourth-order valence-corrected chi connectivity index (χ4v) is 21.8. The molecule has 688 valence electrons. The van der Waals surface area contributed by atoms with Gasteiger partial charge in [0, 0.05) is 61.1 Å². The molecule has 9 heteroatoms. The van der Waals surface area contributed by atoms with E-state index in [0.717, 1.165) is 155 Å². The minimum atomic E-state index is 0.509. The largest absolute Gasteiger partial charge is 0.436 e. The second-order valence-electron chi connectivity index (χ2n) is 38.1. The van der Waals surface area contributed by atoms with Gasteiger partial charge in [-0.2, -0.15) is 0 Å². The number of aromatic nitrogens is 7. The van der Waals surface area contributed by atoms with Crippen LogP contribution in [0.15, 0.2) is 525 Å². The maximum absolute atomic E-state index is 6.09. The first-order chi connectivity index (χ1) is 73.2. The van der Waals surface area contributed by atoms with Gasteiger partial charge in [0.25, 0.3) is 0 Å². The highest BCUT2D eigenvalue weighted by Crippen LogP contribution is 2.47. The number of fused-ring (bicyclic) bond motifs is 18. The summed E-state index contributed by atoms with van der Waals surface area (Å²) in [5.74, 6) is 1.13. The van der Waals surface area contributed by atoms with Crippen molar-refractivity contribution in [3.05, 3.63) is 516 Å². The summed E-state index contributed by atoms with van der Waals surface area (Å²) in [5.41, 5.74) is 30.5. The summed E-state index contributed by atoms with van der Waals surface area (Å²) in [5, 5.41) is 26.7. The van der Waals surface area contributed by atoms with Crippen molar-refractivity contribution in [2.75, 3.05) is 0 Å². The van der Waals surface area contributed by atoms with E-state index in [-0.39, 0.29) is 0 Å². The Morgan fingerprint density at radius 1 is 0.128 bits per heavy atom. The molecule has 30 rings (SSSR count). The molecule has 0 aliphatic rings. The van der Waals surface area contributed by atoms with Crippen LogP contribution in [0.25, 0.3) is 298 Å². The van der Waals surface area contributed by atoms with E-state index in [1.54, 1.807) is 0 Å². The molecule has 0 saturated carbocycles. The lowest BCUT2D eigenvalue weighted by Crippen LogP contribution is -1.93. The topological polar surface area (TPSA) is 117 Å². The van der Waals surface area contributed by atoms with Gasteiger partial charge in [0.1, 0.15) is 16.7 Å². The van der Waals surface area contributed by atoms with E-state index in [2.05, 4.69) is 454 Å². The molecule has 7 aromatic heterocycles. The van der Waals surface area contributed by atoms with Crippen LogP contribution in [-0.2, 0) is 0 Å². The molecular weight excluding hydrogens is 1800 g/mol. The van der Waals surface area contributed by atoms with E-state index in [1.807, 2.05) is 66.9 Å². The van der Waals surface area contributed by atoms with Gasteiger partial charge in [-0.1, -0.05) is 358 Å². The van der Waals surface area contributed by atoms with Crippen LogP contribution in [0.5, 0.6) is 0 Å². The second kappa shape index (κ2) is 36.3. The molecule has 0 N–H and O–H groups in total. The van der Waals surface area contributed by atoms with Gasteiger partial charge < -0.3 is 8.83 Å². The van der Waals surface area contributed by atoms with Crippen molar-refractivity contribution in [2.24, 2.45) is 0 Å². The molecule has 0 spiro atoms. The van der Waals surface area contributed by atoms with E-state index >= 15 is 0 Å². The molecule has 0 saturated heterocycles. The number of rotatable bonds is 12. The van der Waals surface area contributed by atoms with Crippen molar-refractivity contribution in [3.8, 4) is 135 Å². The normalized spacial score (nSPS) is 11.6. The van der Waals surface area contributed by atoms with Crippen molar-refractivity contribution in [2.45, 2.75) is 0 Å². The lowest BCUT2D eigenvalue weighted by Gasteiger charge is -2.15. The summed E-state index contributed by atoms with van der Waals surface area (Å²) < 4.78 is 12.1. The summed E-state index contributed by atoms with van der Waals surface area (Å²) in [6, 6.07) is 181. The first-order valence-corrected chi connectivity index (χ1v) is 50.1. The SMILES string of the molecule is c1cc(-c2ccc3ccccc3n2)cc(-c2cc(-c3ccc4ccccc4c3)nc3ccc(-c4cc5ccccc5c5ccccc45)cc23)c1.c1ccc2cc(-c3cc(-c4ccc(-c5nc6ccccc6o5)cc4)c4cc(-c5cc6ccccc6c6ccccc56)ccc4n3)ccc2c1.c1ccc2cc(-c3cc(-c4ccc(-c5nc6ccccc6o5)nc4)c4cc(-c5cc6ccccc6c6ccccc56)ccc4n3)ccc2c1. The Labute approximate surface area is 851 Å². The monoisotopic (exact) mass is 1880 g/mol. The van der Waals surface area contributed by atoms with Crippen molar-refractivity contribution in [1.82, 2.24) is 34.9 Å². The van der Waals surface area contributed by atoms with Gasteiger partial charge in [0.05, 0.1) is 44.8 Å². The predicted molar refractivity (Wildman–Crippen MR) is 616 cm³/mol. The lowest BCUT2D eigenvalue weighted by molar-refractivity contribution is 0.617. The number of benzene rings is 23. The highest BCUT2D eigenvalue weighted by atomic mass is 16.4. The van der Waals surface area contributed by atoms with Crippen LogP contribution < -0.4 is 0 Å².